The topological polar surface area (TPSA) is 49.3 Å². The second-order valence-electron chi connectivity index (χ2n) is 5.31. The van der Waals surface area contributed by atoms with E-state index in [2.05, 4.69) is 51.3 Å². The van der Waals surface area contributed by atoms with E-state index in [-0.39, 0.29) is 24.0 Å². The third kappa shape index (κ3) is 8.42. The number of benzene rings is 1. The Kier molecular flexibility index (Phi) is 11.9. The van der Waals surface area contributed by atoms with E-state index in [1.54, 1.807) is 11.3 Å². The number of nitrogens with zero attached hydrogens (tertiary/aromatic N) is 2. The normalized spacial score (nSPS) is 11.0. The molecule has 7 heteroatoms. The molecule has 4 nitrogen and oxygen atoms in total. The Balaban J connectivity index is 0.00000312. The summed E-state index contributed by atoms with van der Waals surface area (Å²) in [6.45, 7) is 4.52. The van der Waals surface area contributed by atoms with Crippen molar-refractivity contribution in [2.75, 3.05) is 25.1 Å². The van der Waals surface area contributed by atoms with Crippen LogP contribution in [0.4, 0.5) is 0 Å². The van der Waals surface area contributed by atoms with Gasteiger partial charge in [0.1, 0.15) is 5.01 Å². The summed E-state index contributed by atoms with van der Waals surface area (Å²) >= 11 is 3.56. The van der Waals surface area contributed by atoms with Gasteiger partial charge in [0.05, 0.1) is 12.2 Å². The molecule has 0 aliphatic rings. The molecular formula is C18H27IN4S2. The van der Waals surface area contributed by atoms with Gasteiger partial charge < -0.3 is 10.6 Å². The first kappa shape index (κ1) is 22.2. The van der Waals surface area contributed by atoms with Crippen LogP contribution in [0.1, 0.15) is 24.8 Å². The minimum atomic E-state index is 0. The van der Waals surface area contributed by atoms with Crippen molar-refractivity contribution in [3.63, 3.8) is 0 Å². The molecule has 1 aromatic heterocycles. The number of unbranched alkanes of at least 4 members (excludes halogenated alkanes) is 1. The molecule has 0 atom stereocenters. The molecule has 2 aromatic rings. The molecule has 1 heterocycles. The first-order chi connectivity index (χ1) is 11.8. The van der Waals surface area contributed by atoms with Crippen LogP contribution in [0.3, 0.4) is 0 Å². The SMILES string of the molecule is CCNC(=NCc1nc(-c2ccccc2)cs1)NCCCCSC.I. The molecule has 0 spiro atoms. The van der Waals surface area contributed by atoms with Gasteiger partial charge in [0.2, 0.25) is 0 Å². The number of aliphatic imine (C=N–C) groups is 1. The van der Waals surface area contributed by atoms with E-state index in [9.17, 15) is 0 Å². The van der Waals surface area contributed by atoms with E-state index in [1.807, 2.05) is 30.0 Å². The van der Waals surface area contributed by atoms with Crippen molar-refractivity contribution in [1.82, 2.24) is 15.6 Å². The van der Waals surface area contributed by atoms with Gasteiger partial charge in [-0.25, -0.2) is 9.98 Å². The fourth-order valence-corrected chi connectivity index (χ4v) is 3.41. The molecule has 0 saturated carbocycles. The van der Waals surface area contributed by atoms with Crippen molar-refractivity contribution in [2.24, 2.45) is 4.99 Å². The van der Waals surface area contributed by atoms with Crippen LogP contribution < -0.4 is 10.6 Å². The molecule has 0 aliphatic carbocycles. The maximum atomic E-state index is 4.69. The van der Waals surface area contributed by atoms with E-state index >= 15 is 0 Å². The van der Waals surface area contributed by atoms with Gasteiger partial charge in [0.15, 0.2) is 5.96 Å². The highest BCUT2D eigenvalue weighted by Gasteiger charge is 2.04. The van der Waals surface area contributed by atoms with Crippen molar-refractivity contribution >= 4 is 53.0 Å². The van der Waals surface area contributed by atoms with Crippen LogP contribution >= 0.6 is 47.1 Å². The van der Waals surface area contributed by atoms with Gasteiger partial charge in [-0.3, -0.25) is 0 Å². The number of rotatable bonds is 9. The van der Waals surface area contributed by atoms with Gasteiger partial charge in [0.25, 0.3) is 0 Å². The van der Waals surface area contributed by atoms with E-state index in [0.717, 1.165) is 35.3 Å². The molecule has 138 valence electrons. The molecule has 2 N–H and O–H groups in total. The minimum absolute atomic E-state index is 0. The quantitative estimate of drug-likeness (QED) is 0.233. The largest absolute Gasteiger partial charge is 0.357 e. The second kappa shape index (κ2) is 13.4. The Hall–Kier alpha value is -0.800. The molecule has 25 heavy (non-hydrogen) atoms. The minimum Gasteiger partial charge on any atom is -0.357 e. The summed E-state index contributed by atoms with van der Waals surface area (Å²) < 4.78 is 0. The van der Waals surface area contributed by atoms with Crippen molar-refractivity contribution in [3.8, 4) is 11.3 Å². The molecule has 2 rings (SSSR count). The van der Waals surface area contributed by atoms with Crippen molar-refractivity contribution in [1.29, 1.82) is 0 Å². The van der Waals surface area contributed by atoms with E-state index in [0.29, 0.717) is 6.54 Å². The van der Waals surface area contributed by atoms with Crippen LogP contribution in [0.25, 0.3) is 11.3 Å². The van der Waals surface area contributed by atoms with Crippen LogP contribution in [0.2, 0.25) is 0 Å². The van der Waals surface area contributed by atoms with Gasteiger partial charge >= 0.3 is 0 Å². The number of guanidine groups is 1. The molecule has 1 aromatic carbocycles. The predicted octanol–water partition coefficient (Wildman–Crippen LogP) is 4.63. The first-order valence-corrected chi connectivity index (χ1v) is 10.6. The lowest BCUT2D eigenvalue weighted by Gasteiger charge is -2.10. The lowest BCUT2D eigenvalue weighted by atomic mass is 10.2. The standard InChI is InChI=1S/C18H26N4S2.HI/c1-3-19-18(20-11-7-8-12-23-2)21-13-17-22-16(14-24-17)15-9-5-4-6-10-15;/h4-6,9-10,14H,3,7-8,11-13H2,1-2H3,(H2,19,20,21);1H. The molecule has 0 bridgehead atoms. The van der Waals surface area contributed by atoms with Crippen molar-refractivity contribution < 1.29 is 0 Å². The van der Waals surface area contributed by atoms with Crippen LogP contribution in [0.15, 0.2) is 40.7 Å². The molecule has 0 unspecified atom stereocenters. The molecule has 0 radical (unpaired) electrons. The highest BCUT2D eigenvalue weighted by atomic mass is 127. The zero-order chi connectivity index (χ0) is 17.0. The molecule has 0 fully saturated rings. The van der Waals surface area contributed by atoms with E-state index in [1.165, 1.54) is 18.6 Å². The smallest absolute Gasteiger partial charge is 0.191 e. The summed E-state index contributed by atoms with van der Waals surface area (Å²) in [5.41, 5.74) is 2.18. The lowest BCUT2D eigenvalue weighted by molar-refractivity contribution is 0.734. The Labute approximate surface area is 176 Å². The number of hydrogen-bond donors (Lipinski definition) is 2. The lowest BCUT2D eigenvalue weighted by Crippen LogP contribution is -2.37. The average Bonchev–Trinajstić information content (AvgIpc) is 3.09. The Bertz CT molecular complexity index is 617. The van der Waals surface area contributed by atoms with Gasteiger partial charge in [0, 0.05) is 24.0 Å². The molecule has 0 amide bonds. The fourth-order valence-electron chi connectivity index (χ4n) is 2.19. The summed E-state index contributed by atoms with van der Waals surface area (Å²) in [5.74, 6) is 2.09. The molecular weight excluding hydrogens is 463 g/mol. The Morgan fingerprint density at radius 3 is 2.72 bits per heavy atom. The van der Waals surface area contributed by atoms with Gasteiger partial charge in [-0.05, 0) is 31.8 Å². The van der Waals surface area contributed by atoms with Crippen molar-refractivity contribution in [2.45, 2.75) is 26.3 Å². The fraction of sp³-hybridized carbons (Fsp3) is 0.444. The average molecular weight is 490 g/mol. The maximum absolute atomic E-state index is 4.69. The predicted molar refractivity (Wildman–Crippen MR) is 123 cm³/mol. The third-order valence-corrected chi connectivity index (χ3v) is 4.94. The monoisotopic (exact) mass is 490 g/mol. The second-order valence-corrected chi connectivity index (χ2v) is 7.24. The van der Waals surface area contributed by atoms with Gasteiger partial charge in [-0.1, -0.05) is 30.3 Å². The van der Waals surface area contributed by atoms with Gasteiger partial charge in [-0.2, -0.15) is 11.8 Å². The summed E-state index contributed by atoms with van der Waals surface area (Å²) in [4.78, 5) is 9.33. The first-order valence-electron chi connectivity index (χ1n) is 8.34. The van der Waals surface area contributed by atoms with Crippen LogP contribution in [0, 0.1) is 0 Å². The summed E-state index contributed by atoms with van der Waals surface area (Å²) in [5, 5.41) is 9.82. The summed E-state index contributed by atoms with van der Waals surface area (Å²) in [7, 11) is 0. The number of thiazole rings is 1. The number of halogens is 1. The number of aromatic nitrogens is 1. The van der Waals surface area contributed by atoms with Crippen LogP contribution in [-0.4, -0.2) is 36.0 Å². The maximum Gasteiger partial charge on any atom is 0.191 e. The van der Waals surface area contributed by atoms with Gasteiger partial charge in [-0.15, -0.1) is 35.3 Å². The van der Waals surface area contributed by atoms with Crippen molar-refractivity contribution in [3.05, 3.63) is 40.7 Å². The van der Waals surface area contributed by atoms with E-state index in [4.69, 9.17) is 0 Å². The number of thioether (sulfide) groups is 1. The van der Waals surface area contributed by atoms with E-state index < -0.39 is 0 Å². The molecule has 0 aliphatic heterocycles. The highest BCUT2D eigenvalue weighted by Crippen LogP contribution is 2.21. The zero-order valence-corrected chi connectivity index (χ0v) is 18.8. The third-order valence-electron chi connectivity index (χ3n) is 3.41. The zero-order valence-electron chi connectivity index (χ0n) is 14.8. The van der Waals surface area contributed by atoms with Crippen LogP contribution in [-0.2, 0) is 6.54 Å². The Morgan fingerprint density at radius 2 is 2.00 bits per heavy atom. The Morgan fingerprint density at radius 1 is 1.20 bits per heavy atom. The molecule has 0 saturated heterocycles. The summed E-state index contributed by atoms with van der Waals surface area (Å²) in [6, 6.07) is 10.3. The number of nitrogens with one attached hydrogen (secondary N) is 2. The summed E-state index contributed by atoms with van der Waals surface area (Å²) in [6.07, 6.45) is 4.55. The highest BCUT2D eigenvalue weighted by molar-refractivity contribution is 14.0. The van der Waals surface area contributed by atoms with Crippen LogP contribution in [0.5, 0.6) is 0 Å². The number of hydrogen-bond acceptors (Lipinski definition) is 4.